The second kappa shape index (κ2) is 6.63. The molecule has 0 aliphatic carbocycles. The summed E-state index contributed by atoms with van der Waals surface area (Å²) < 4.78 is 7.17. The van der Waals surface area contributed by atoms with Crippen molar-refractivity contribution >= 4 is 21.6 Å². The van der Waals surface area contributed by atoms with Gasteiger partial charge < -0.3 is 4.74 Å². The van der Waals surface area contributed by atoms with Crippen LogP contribution < -0.4 is 10.3 Å². The number of thiophene rings is 1. The lowest BCUT2D eigenvalue weighted by Gasteiger charge is -2.08. The summed E-state index contributed by atoms with van der Waals surface area (Å²) in [5, 5.41) is 9.53. The minimum Gasteiger partial charge on any atom is -0.492 e. The normalized spacial score (nSPS) is 10.6. The Bertz CT molecular complexity index is 937. The van der Waals surface area contributed by atoms with Gasteiger partial charge in [-0.25, -0.2) is 4.98 Å². The van der Waals surface area contributed by atoms with E-state index in [0.29, 0.717) is 29.9 Å². The van der Waals surface area contributed by atoms with Gasteiger partial charge in [-0.2, -0.15) is 5.26 Å². The van der Waals surface area contributed by atoms with Crippen LogP contribution in [0.5, 0.6) is 5.75 Å². The predicted octanol–water partition coefficient (Wildman–Crippen LogP) is 2.97. The molecule has 0 radical (unpaired) electrons. The number of rotatable bonds is 5. The second-order valence-corrected chi connectivity index (χ2v) is 6.13. The largest absolute Gasteiger partial charge is 0.492 e. The van der Waals surface area contributed by atoms with Gasteiger partial charge in [-0.1, -0.05) is 13.0 Å². The monoisotopic (exact) mass is 325 g/mol. The average molecular weight is 325 g/mol. The molecule has 0 unspecified atom stereocenters. The zero-order valence-electron chi connectivity index (χ0n) is 12.7. The molecular weight excluding hydrogens is 310 g/mol. The van der Waals surface area contributed by atoms with Crippen LogP contribution in [0.4, 0.5) is 0 Å². The highest BCUT2D eigenvalue weighted by Gasteiger charge is 2.08. The predicted molar refractivity (Wildman–Crippen MR) is 89.9 cm³/mol. The van der Waals surface area contributed by atoms with Crippen LogP contribution in [0.15, 0.2) is 41.5 Å². The molecule has 0 amide bonds. The van der Waals surface area contributed by atoms with E-state index >= 15 is 0 Å². The van der Waals surface area contributed by atoms with Crippen LogP contribution >= 0.6 is 11.3 Å². The number of aryl methyl sites for hydroxylation is 1. The van der Waals surface area contributed by atoms with Gasteiger partial charge in [-0.15, -0.1) is 11.3 Å². The first-order valence-electron chi connectivity index (χ1n) is 7.32. The number of aromatic nitrogens is 2. The van der Waals surface area contributed by atoms with Crippen LogP contribution in [-0.2, 0) is 13.0 Å². The summed E-state index contributed by atoms with van der Waals surface area (Å²) in [6, 6.07) is 10.9. The van der Waals surface area contributed by atoms with Crippen molar-refractivity contribution in [1.29, 1.82) is 5.26 Å². The maximum Gasteiger partial charge on any atom is 0.262 e. The fourth-order valence-electron chi connectivity index (χ4n) is 2.26. The number of ether oxygens (including phenoxy) is 1. The lowest BCUT2D eigenvalue weighted by molar-refractivity contribution is 0.296. The molecule has 3 aromatic rings. The molecule has 0 saturated carbocycles. The van der Waals surface area contributed by atoms with E-state index in [1.165, 1.54) is 0 Å². The molecule has 23 heavy (non-hydrogen) atoms. The summed E-state index contributed by atoms with van der Waals surface area (Å²) in [6.45, 7) is 2.81. The molecule has 0 bridgehead atoms. The van der Waals surface area contributed by atoms with Crippen LogP contribution in [0.1, 0.15) is 17.4 Å². The number of nitriles is 1. The minimum absolute atomic E-state index is 0.0414. The molecule has 2 heterocycles. The van der Waals surface area contributed by atoms with Crippen molar-refractivity contribution in [3.8, 4) is 11.8 Å². The molecule has 116 valence electrons. The van der Waals surface area contributed by atoms with Crippen LogP contribution in [-0.4, -0.2) is 16.2 Å². The highest BCUT2D eigenvalue weighted by Crippen LogP contribution is 2.21. The van der Waals surface area contributed by atoms with Gasteiger partial charge in [0.05, 0.1) is 29.9 Å². The third-order valence-electron chi connectivity index (χ3n) is 3.48. The molecule has 6 heteroatoms. The molecular formula is C17H15N3O2S. The summed E-state index contributed by atoms with van der Waals surface area (Å²) >= 11 is 1.56. The Morgan fingerprint density at radius 2 is 2.26 bits per heavy atom. The molecule has 0 N–H and O–H groups in total. The van der Waals surface area contributed by atoms with E-state index < -0.39 is 0 Å². The molecule has 1 aromatic carbocycles. The lowest BCUT2D eigenvalue weighted by Crippen LogP contribution is -2.23. The molecule has 0 atom stereocenters. The number of hydrogen-bond donors (Lipinski definition) is 0. The maximum atomic E-state index is 12.4. The first-order chi connectivity index (χ1) is 11.2. The van der Waals surface area contributed by atoms with Gasteiger partial charge in [-0.3, -0.25) is 9.36 Å². The van der Waals surface area contributed by atoms with Gasteiger partial charge in [0.15, 0.2) is 0 Å². The molecule has 0 saturated heterocycles. The number of nitrogens with zero attached hydrogens (tertiary/aromatic N) is 3. The van der Waals surface area contributed by atoms with Crippen molar-refractivity contribution in [1.82, 2.24) is 9.55 Å². The van der Waals surface area contributed by atoms with E-state index in [0.717, 1.165) is 16.1 Å². The molecule has 0 fully saturated rings. The molecule has 2 aromatic heterocycles. The Morgan fingerprint density at radius 1 is 1.39 bits per heavy atom. The van der Waals surface area contributed by atoms with Crippen molar-refractivity contribution < 1.29 is 4.74 Å². The van der Waals surface area contributed by atoms with Crippen LogP contribution in [0.2, 0.25) is 0 Å². The third-order valence-corrected chi connectivity index (χ3v) is 4.67. The van der Waals surface area contributed by atoms with E-state index in [1.54, 1.807) is 46.5 Å². The SMILES string of the molecule is CCc1cc2c(=O)n(CCOc3cccc(C#N)c3)cnc2s1. The molecule has 0 aliphatic rings. The molecule has 0 aliphatic heterocycles. The third kappa shape index (κ3) is 3.25. The first-order valence-corrected chi connectivity index (χ1v) is 8.13. The molecule has 3 rings (SSSR count). The quantitative estimate of drug-likeness (QED) is 0.723. The Morgan fingerprint density at radius 3 is 3.04 bits per heavy atom. The highest BCUT2D eigenvalue weighted by molar-refractivity contribution is 7.18. The van der Waals surface area contributed by atoms with Gasteiger partial charge in [-0.05, 0) is 30.7 Å². The summed E-state index contributed by atoms with van der Waals surface area (Å²) in [7, 11) is 0. The minimum atomic E-state index is -0.0414. The van der Waals surface area contributed by atoms with Gasteiger partial charge in [0.25, 0.3) is 5.56 Å². The molecule has 5 nitrogen and oxygen atoms in total. The maximum absolute atomic E-state index is 12.4. The van der Waals surface area contributed by atoms with Crippen LogP contribution in [0.3, 0.4) is 0 Å². The van der Waals surface area contributed by atoms with Crippen LogP contribution in [0, 0.1) is 11.3 Å². The second-order valence-electron chi connectivity index (χ2n) is 5.02. The van der Waals surface area contributed by atoms with E-state index in [-0.39, 0.29) is 5.56 Å². The van der Waals surface area contributed by atoms with Gasteiger partial charge in [0, 0.05) is 4.88 Å². The molecule has 0 spiro atoms. The Kier molecular flexibility index (Phi) is 4.40. The summed E-state index contributed by atoms with van der Waals surface area (Å²) in [6.07, 6.45) is 2.47. The average Bonchev–Trinajstić information content (AvgIpc) is 3.01. The first kappa shape index (κ1) is 15.3. The zero-order valence-corrected chi connectivity index (χ0v) is 13.5. The highest BCUT2D eigenvalue weighted by atomic mass is 32.1. The van der Waals surface area contributed by atoms with Gasteiger partial charge >= 0.3 is 0 Å². The summed E-state index contributed by atoms with van der Waals surface area (Å²) in [5.41, 5.74) is 0.508. The van der Waals surface area contributed by atoms with Crippen molar-refractivity contribution in [2.75, 3.05) is 6.61 Å². The van der Waals surface area contributed by atoms with E-state index in [4.69, 9.17) is 10.00 Å². The van der Waals surface area contributed by atoms with Crippen molar-refractivity contribution in [3.63, 3.8) is 0 Å². The number of hydrogen-bond acceptors (Lipinski definition) is 5. The van der Waals surface area contributed by atoms with E-state index in [2.05, 4.69) is 18.0 Å². The van der Waals surface area contributed by atoms with Crippen LogP contribution in [0.25, 0.3) is 10.2 Å². The smallest absolute Gasteiger partial charge is 0.262 e. The van der Waals surface area contributed by atoms with Crippen molar-refractivity contribution in [3.05, 3.63) is 57.5 Å². The topological polar surface area (TPSA) is 67.9 Å². The van der Waals surface area contributed by atoms with Crippen molar-refractivity contribution in [2.24, 2.45) is 0 Å². The standard InChI is InChI=1S/C17H15N3O2S/c1-2-14-9-15-16(23-14)19-11-20(17(15)21)6-7-22-13-5-3-4-12(8-13)10-18/h3-5,8-9,11H,2,6-7H2,1H3. The Labute approximate surface area is 137 Å². The Balaban J connectivity index is 1.73. The zero-order chi connectivity index (χ0) is 16.2. The Hall–Kier alpha value is -2.65. The van der Waals surface area contributed by atoms with E-state index in [9.17, 15) is 4.79 Å². The lowest BCUT2D eigenvalue weighted by atomic mass is 10.2. The van der Waals surface area contributed by atoms with E-state index in [1.807, 2.05) is 6.07 Å². The van der Waals surface area contributed by atoms with Gasteiger partial charge in [0.1, 0.15) is 17.2 Å². The number of benzene rings is 1. The number of fused-ring (bicyclic) bond motifs is 1. The fourth-order valence-corrected chi connectivity index (χ4v) is 3.19. The van der Waals surface area contributed by atoms with Crippen molar-refractivity contribution in [2.45, 2.75) is 19.9 Å². The van der Waals surface area contributed by atoms with Gasteiger partial charge in [0.2, 0.25) is 0 Å². The fraction of sp³-hybridized carbons (Fsp3) is 0.235. The summed E-state index contributed by atoms with van der Waals surface area (Å²) in [5.74, 6) is 0.620. The summed E-state index contributed by atoms with van der Waals surface area (Å²) in [4.78, 5) is 18.7.